The van der Waals surface area contributed by atoms with Crippen LogP contribution in [0.3, 0.4) is 0 Å². The number of carbonyl (C=O) groups excluding carboxylic acids is 1. The van der Waals surface area contributed by atoms with E-state index in [-0.39, 0.29) is 13.1 Å². The highest BCUT2D eigenvalue weighted by molar-refractivity contribution is 7.11. The Morgan fingerprint density at radius 1 is 1.50 bits per heavy atom. The number of piperidine rings is 1. The molecule has 1 amide bonds. The van der Waals surface area contributed by atoms with Crippen LogP contribution in [-0.2, 0) is 16.8 Å². The molecule has 1 aliphatic rings. The maximum Gasteiger partial charge on any atom is 0.471 e. The SMILES string of the molecule is CCc1nnc(C2(N)CCCN(C(=O)C(F)(F)F)C2)s1. The third kappa shape index (κ3) is 2.93. The van der Waals surface area contributed by atoms with Crippen molar-refractivity contribution in [2.45, 2.75) is 37.9 Å². The van der Waals surface area contributed by atoms with Crippen molar-refractivity contribution in [1.82, 2.24) is 15.1 Å². The molecule has 20 heavy (non-hydrogen) atoms. The predicted molar refractivity (Wildman–Crippen MR) is 67.0 cm³/mol. The van der Waals surface area contributed by atoms with Gasteiger partial charge in [-0.2, -0.15) is 13.2 Å². The van der Waals surface area contributed by atoms with Gasteiger partial charge in [-0.3, -0.25) is 4.79 Å². The summed E-state index contributed by atoms with van der Waals surface area (Å²) < 4.78 is 37.5. The topological polar surface area (TPSA) is 72.1 Å². The van der Waals surface area contributed by atoms with Gasteiger partial charge >= 0.3 is 12.1 Å². The molecule has 1 fully saturated rings. The van der Waals surface area contributed by atoms with E-state index in [2.05, 4.69) is 10.2 Å². The highest BCUT2D eigenvalue weighted by Crippen LogP contribution is 2.33. The first-order valence-corrected chi connectivity index (χ1v) is 7.06. The van der Waals surface area contributed by atoms with Crippen LogP contribution in [0.5, 0.6) is 0 Å². The summed E-state index contributed by atoms with van der Waals surface area (Å²) in [5, 5.41) is 9.18. The maximum atomic E-state index is 12.5. The lowest BCUT2D eigenvalue weighted by molar-refractivity contribution is -0.187. The zero-order valence-corrected chi connectivity index (χ0v) is 11.7. The normalized spacial score (nSPS) is 23.9. The predicted octanol–water partition coefficient (Wildman–Crippen LogP) is 1.44. The Labute approximate surface area is 118 Å². The smallest absolute Gasteiger partial charge is 0.333 e. The van der Waals surface area contributed by atoms with Gasteiger partial charge in [-0.05, 0) is 19.3 Å². The van der Waals surface area contributed by atoms with Gasteiger partial charge in [0, 0.05) is 13.1 Å². The van der Waals surface area contributed by atoms with Gasteiger partial charge in [0.15, 0.2) is 0 Å². The van der Waals surface area contributed by atoms with E-state index in [4.69, 9.17) is 5.73 Å². The minimum atomic E-state index is -4.87. The van der Waals surface area contributed by atoms with E-state index < -0.39 is 17.6 Å². The second-order valence-corrected chi connectivity index (χ2v) is 5.90. The Kier molecular flexibility index (Phi) is 4.01. The number of aromatic nitrogens is 2. The molecule has 9 heteroatoms. The lowest BCUT2D eigenvalue weighted by atomic mass is 9.90. The molecular weight excluding hydrogens is 293 g/mol. The number of alkyl halides is 3. The Balaban J connectivity index is 2.18. The van der Waals surface area contributed by atoms with Crippen molar-refractivity contribution in [3.8, 4) is 0 Å². The molecule has 0 spiro atoms. The van der Waals surface area contributed by atoms with Crippen molar-refractivity contribution < 1.29 is 18.0 Å². The molecule has 1 aromatic heterocycles. The van der Waals surface area contributed by atoms with Gasteiger partial charge in [0.05, 0.1) is 5.54 Å². The van der Waals surface area contributed by atoms with Gasteiger partial charge in [0.2, 0.25) is 0 Å². The van der Waals surface area contributed by atoms with E-state index in [1.807, 2.05) is 6.92 Å². The first-order chi connectivity index (χ1) is 9.26. The second kappa shape index (κ2) is 5.28. The molecule has 2 heterocycles. The van der Waals surface area contributed by atoms with Crippen LogP contribution in [0, 0.1) is 0 Å². The molecular formula is C11H15F3N4OS. The summed E-state index contributed by atoms with van der Waals surface area (Å²) in [6, 6.07) is 0. The monoisotopic (exact) mass is 308 g/mol. The Morgan fingerprint density at radius 3 is 2.75 bits per heavy atom. The summed E-state index contributed by atoms with van der Waals surface area (Å²) in [4.78, 5) is 12.1. The highest BCUT2D eigenvalue weighted by atomic mass is 32.1. The lowest BCUT2D eigenvalue weighted by Crippen LogP contribution is -2.56. The summed E-state index contributed by atoms with van der Waals surface area (Å²) in [6.07, 6.45) is -3.26. The van der Waals surface area contributed by atoms with Gasteiger partial charge in [0.1, 0.15) is 10.0 Å². The minimum absolute atomic E-state index is 0.0662. The van der Waals surface area contributed by atoms with E-state index in [1.54, 1.807) is 0 Å². The number of amides is 1. The van der Waals surface area contributed by atoms with Crippen LogP contribution in [0.25, 0.3) is 0 Å². The van der Waals surface area contributed by atoms with Crippen molar-refractivity contribution in [2.75, 3.05) is 13.1 Å². The molecule has 0 radical (unpaired) electrons. The molecule has 0 saturated carbocycles. The van der Waals surface area contributed by atoms with E-state index in [1.165, 1.54) is 11.3 Å². The van der Waals surface area contributed by atoms with Crippen LogP contribution >= 0.6 is 11.3 Å². The Morgan fingerprint density at radius 2 is 2.20 bits per heavy atom. The summed E-state index contributed by atoms with van der Waals surface area (Å²) in [5.74, 6) is -1.84. The molecule has 0 aliphatic carbocycles. The molecule has 2 rings (SSSR count). The number of rotatable bonds is 2. The Bertz CT molecular complexity index is 504. The molecule has 112 valence electrons. The highest BCUT2D eigenvalue weighted by Gasteiger charge is 2.47. The van der Waals surface area contributed by atoms with Crippen molar-refractivity contribution >= 4 is 17.2 Å². The van der Waals surface area contributed by atoms with E-state index in [0.717, 1.165) is 9.91 Å². The average molecular weight is 308 g/mol. The first-order valence-electron chi connectivity index (χ1n) is 6.24. The second-order valence-electron chi connectivity index (χ2n) is 4.84. The van der Waals surface area contributed by atoms with Gasteiger partial charge in [-0.1, -0.05) is 18.3 Å². The molecule has 0 aromatic carbocycles. The minimum Gasteiger partial charge on any atom is -0.333 e. The Hall–Kier alpha value is -1.22. The quantitative estimate of drug-likeness (QED) is 0.897. The molecule has 1 atom stereocenters. The summed E-state index contributed by atoms with van der Waals surface area (Å²) >= 11 is 1.29. The number of nitrogens with zero attached hydrogens (tertiary/aromatic N) is 3. The van der Waals surface area contributed by atoms with Gasteiger partial charge in [-0.15, -0.1) is 10.2 Å². The zero-order chi connectivity index (χ0) is 15.0. The molecule has 5 nitrogen and oxygen atoms in total. The summed E-state index contributed by atoms with van der Waals surface area (Å²) in [7, 11) is 0. The molecule has 1 aliphatic heterocycles. The average Bonchev–Trinajstić information content (AvgIpc) is 2.86. The van der Waals surface area contributed by atoms with Crippen molar-refractivity contribution in [3.05, 3.63) is 10.0 Å². The van der Waals surface area contributed by atoms with Gasteiger partial charge in [-0.25, -0.2) is 0 Å². The largest absolute Gasteiger partial charge is 0.471 e. The van der Waals surface area contributed by atoms with Crippen molar-refractivity contribution in [2.24, 2.45) is 5.73 Å². The molecule has 2 N–H and O–H groups in total. The third-order valence-electron chi connectivity index (χ3n) is 3.25. The zero-order valence-electron chi connectivity index (χ0n) is 10.9. The number of likely N-dealkylation sites (tertiary alicyclic amines) is 1. The molecule has 0 bridgehead atoms. The number of hydrogen-bond donors (Lipinski definition) is 1. The van der Waals surface area contributed by atoms with Crippen LogP contribution in [-0.4, -0.2) is 40.3 Å². The maximum absolute atomic E-state index is 12.5. The van der Waals surface area contributed by atoms with Crippen molar-refractivity contribution in [1.29, 1.82) is 0 Å². The first kappa shape index (κ1) is 15.2. The molecule has 1 saturated heterocycles. The van der Waals surface area contributed by atoms with Crippen LogP contribution in [0.15, 0.2) is 0 Å². The van der Waals surface area contributed by atoms with Gasteiger partial charge < -0.3 is 10.6 Å². The fourth-order valence-corrected chi connectivity index (χ4v) is 3.11. The van der Waals surface area contributed by atoms with E-state index in [9.17, 15) is 18.0 Å². The summed E-state index contributed by atoms with van der Waals surface area (Å²) in [5.41, 5.74) is 5.13. The van der Waals surface area contributed by atoms with E-state index in [0.29, 0.717) is 24.3 Å². The number of carbonyl (C=O) groups is 1. The lowest BCUT2D eigenvalue weighted by Gasteiger charge is -2.38. The standard InChI is InChI=1S/C11H15F3N4OS/c1-2-7-16-17-8(20-7)10(15)4-3-5-18(6-10)9(19)11(12,13)14/h2-6,15H2,1H3. The summed E-state index contributed by atoms with van der Waals surface area (Å²) in [6.45, 7) is 1.80. The number of hydrogen-bond acceptors (Lipinski definition) is 5. The number of aryl methyl sites for hydroxylation is 1. The van der Waals surface area contributed by atoms with Crippen LogP contribution in [0.1, 0.15) is 29.8 Å². The van der Waals surface area contributed by atoms with Gasteiger partial charge in [0.25, 0.3) is 0 Å². The van der Waals surface area contributed by atoms with E-state index >= 15 is 0 Å². The third-order valence-corrected chi connectivity index (χ3v) is 4.54. The van der Waals surface area contributed by atoms with Crippen molar-refractivity contribution in [3.63, 3.8) is 0 Å². The fourth-order valence-electron chi connectivity index (χ4n) is 2.21. The number of nitrogens with two attached hydrogens (primary N) is 1. The van der Waals surface area contributed by atoms with Crippen LogP contribution in [0.2, 0.25) is 0 Å². The van der Waals surface area contributed by atoms with Crippen LogP contribution in [0.4, 0.5) is 13.2 Å². The fraction of sp³-hybridized carbons (Fsp3) is 0.727. The molecule has 1 unspecified atom stereocenters. The number of halogens is 3. The molecule has 1 aromatic rings. The van der Waals surface area contributed by atoms with Crippen LogP contribution < -0.4 is 5.73 Å².